The molecule has 0 saturated heterocycles. The van der Waals surface area contributed by atoms with Crippen LogP contribution in [0.4, 0.5) is 10.1 Å². The van der Waals surface area contributed by atoms with E-state index in [9.17, 15) is 9.18 Å². The zero-order valence-electron chi connectivity index (χ0n) is 16.0. The van der Waals surface area contributed by atoms with Gasteiger partial charge in [0, 0.05) is 25.8 Å². The molecule has 0 fully saturated rings. The second-order valence-electron chi connectivity index (χ2n) is 6.51. The monoisotopic (exact) mass is 496 g/mol. The largest absolute Gasteiger partial charge is 0.356 e. The van der Waals surface area contributed by atoms with Gasteiger partial charge in [-0.2, -0.15) is 0 Å². The molecule has 1 aliphatic heterocycles. The molecule has 0 radical (unpaired) electrons. The second-order valence-corrected chi connectivity index (χ2v) is 6.51. The van der Waals surface area contributed by atoms with Crippen molar-refractivity contribution in [2.45, 2.75) is 19.3 Å². The quantitative estimate of drug-likeness (QED) is 0.380. The first kappa shape index (κ1) is 22.1. The third-order valence-corrected chi connectivity index (χ3v) is 4.66. The molecule has 0 atom stereocenters. The minimum absolute atomic E-state index is 0. The van der Waals surface area contributed by atoms with E-state index >= 15 is 0 Å². The van der Waals surface area contributed by atoms with E-state index in [1.54, 1.807) is 19.2 Å². The van der Waals surface area contributed by atoms with Crippen LogP contribution in [-0.2, 0) is 17.6 Å². The molecular formula is C21H26FIN4O. The van der Waals surface area contributed by atoms with Gasteiger partial charge in [0.2, 0.25) is 5.91 Å². The fraction of sp³-hybridized carbons (Fsp3) is 0.333. The van der Waals surface area contributed by atoms with Crippen LogP contribution in [0.3, 0.4) is 0 Å². The number of aryl methyl sites for hydroxylation is 1. The van der Waals surface area contributed by atoms with Gasteiger partial charge in [0.1, 0.15) is 5.82 Å². The maximum absolute atomic E-state index is 12.9. The first-order valence-corrected chi connectivity index (χ1v) is 9.24. The summed E-state index contributed by atoms with van der Waals surface area (Å²) in [5.41, 5.74) is 3.27. The molecule has 0 aliphatic carbocycles. The van der Waals surface area contributed by atoms with Gasteiger partial charge in [-0.1, -0.05) is 30.3 Å². The van der Waals surface area contributed by atoms with E-state index in [0.717, 1.165) is 37.1 Å². The van der Waals surface area contributed by atoms with Crippen molar-refractivity contribution in [2.75, 3.05) is 31.6 Å². The van der Waals surface area contributed by atoms with Crippen molar-refractivity contribution < 1.29 is 9.18 Å². The molecule has 0 bridgehead atoms. The van der Waals surface area contributed by atoms with Crippen molar-refractivity contribution >= 4 is 41.5 Å². The fourth-order valence-corrected chi connectivity index (χ4v) is 3.24. The Labute approximate surface area is 182 Å². The number of nitrogens with one attached hydrogen (secondary N) is 2. The van der Waals surface area contributed by atoms with Crippen molar-refractivity contribution in [3.8, 4) is 0 Å². The third kappa shape index (κ3) is 5.92. The SMILES string of the molecule is CN=C(NCCc1ccc(F)cc1)NCC(=O)N1CCCc2ccccc21.I. The van der Waals surface area contributed by atoms with E-state index in [-0.39, 0.29) is 42.2 Å². The first-order chi connectivity index (χ1) is 13.2. The molecule has 2 aromatic rings. The summed E-state index contributed by atoms with van der Waals surface area (Å²) >= 11 is 0. The number of guanidine groups is 1. The Balaban J connectivity index is 0.00000280. The number of anilines is 1. The molecule has 28 heavy (non-hydrogen) atoms. The number of carbonyl (C=O) groups excluding carboxylic acids is 1. The number of halogens is 2. The highest BCUT2D eigenvalue weighted by Crippen LogP contribution is 2.26. The van der Waals surface area contributed by atoms with E-state index in [1.807, 2.05) is 23.1 Å². The number of hydrogen-bond acceptors (Lipinski definition) is 2. The van der Waals surface area contributed by atoms with Crippen molar-refractivity contribution in [1.82, 2.24) is 10.6 Å². The van der Waals surface area contributed by atoms with Crippen molar-refractivity contribution in [2.24, 2.45) is 4.99 Å². The van der Waals surface area contributed by atoms with Gasteiger partial charge in [-0.05, 0) is 48.6 Å². The highest BCUT2D eigenvalue weighted by molar-refractivity contribution is 14.0. The number of carbonyl (C=O) groups is 1. The third-order valence-electron chi connectivity index (χ3n) is 4.66. The number of para-hydroxylation sites is 1. The molecule has 2 aromatic carbocycles. The summed E-state index contributed by atoms with van der Waals surface area (Å²) in [4.78, 5) is 18.7. The molecule has 0 unspecified atom stereocenters. The van der Waals surface area contributed by atoms with Crippen molar-refractivity contribution in [3.63, 3.8) is 0 Å². The number of benzene rings is 2. The van der Waals surface area contributed by atoms with Crippen LogP contribution < -0.4 is 15.5 Å². The summed E-state index contributed by atoms with van der Waals surface area (Å²) in [7, 11) is 1.67. The van der Waals surface area contributed by atoms with E-state index in [4.69, 9.17) is 0 Å². The minimum atomic E-state index is -0.234. The molecule has 0 aromatic heterocycles. The minimum Gasteiger partial charge on any atom is -0.356 e. The van der Waals surface area contributed by atoms with E-state index < -0.39 is 0 Å². The van der Waals surface area contributed by atoms with E-state index in [2.05, 4.69) is 21.7 Å². The first-order valence-electron chi connectivity index (χ1n) is 9.24. The molecule has 7 heteroatoms. The van der Waals surface area contributed by atoms with Crippen molar-refractivity contribution in [3.05, 3.63) is 65.5 Å². The number of aliphatic imine (C=N–C) groups is 1. The lowest BCUT2D eigenvalue weighted by molar-refractivity contribution is -0.117. The maximum atomic E-state index is 12.9. The summed E-state index contributed by atoms with van der Waals surface area (Å²) in [6.07, 6.45) is 2.74. The average Bonchev–Trinajstić information content (AvgIpc) is 2.71. The number of hydrogen-bond donors (Lipinski definition) is 2. The number of nitrogens with zero attached hydrogens (tertiary/aromatic N) is 2. The lowest BCUT2D eigenvalue weighted by Crippen LogP contribution is -2.46. The summed E-state index contributed by atoms with van der Waals surface area (Å²) in [6.45, 7) is 1.57. The fourth-order valence-electron chi connectivity index (χ4n) is 3.24. The highest BCUT2D eigenvalue weighted by atomic mass is 127. The summed E-state index contributed by atoms with van der Waals surface area (Å²) in [5, 5.41) is 6.26. The van der Waals surface area contributed by atoms with Gasteiger partial charge >= 0.3 is 0 Å². The van der Waals surface area contributed by atoms with Crippen LogP contribution in [0.25, 0.3) is 0 Å². The number of fused-ring (bicyclic) bond motifs is 1. The van der Waals surface area contributed by atoms with Gasteiger partial charge in [0.05, 0.1) is 6.54 Å². The van der Waals surface area contributed by atoms with Crippen LogP contribution in [0.5, 0.6) is 0 Å². The van der Waals surface area contributed by atoms with Gasteiger partial charge in [-0.15, -0.1) is 24.0 Å². The Morgan fingerprint density at radius 1 is 1.14 bits per heavy atom. The number of amides is 1. The second kappa shape index (κ2) is 11.0. The van der Waals surface area contributed by atoms with Gasteiger partial charge < -0.3 is 15.5 Å². The Hall–Kier alpha value is -2.16. The molecule has 0 spiro atoms. The normalized spacial score (nSPS) is 13.4. The van der Waals surface area contributed by atoms with Gasteiger partial charge in [-0.25, -0.2) is 4.39 Å². The lowest BCUT2D eigenvalue weighted by atomic mass is 10.0. The molecule has 1 heterocycles. The summed E-state index contributed by atoms with van der Waals surface area (Å²) < 4.78 is 12.9. The standard InChI is InChI=1S/C21H25FN4O.HI/c1-23-21(24-13-12-16-8-10-18(22)11-9-16)25-15-20(27)26-14-4-6-17-5-2-3-7-19(17)26;/h2-3,5,7-11H,4,6,12-15H2,1H3,(H2,23,24,25);1H. The van der Waals surface area contributed by atoms with E-state index in [0.29, 0.717) is 12.5 Å². The Morgan fingerprint density at radius 3 is 2.64 bits per heavy atom. The van der Waals surface area contributed by atoms with Crippen LogP contribution in [0, 0.1) is 5.82 Å². The lowest BCUT2D eigenvalue weighted by Gasteiger charge is -2.29. The summed E-state index contributed by atoms with van der Waals surface area (Å²) in [5.74, 6) is 0.376. The zero-order valence-corrected chi connectivity index (χ0v) is 18.3. The van der Waals surface area contributed by atoms with Crippen LogP contribution in [0.1, 0.15) is 17.5 Å². The van der Waals surface area contributed by atoms with Gasteiger partial charge in [0.25, 0.3) is 0 Å². The Bertz CT molecular complexity index is 810. The van der Waals surface area contributed by atoms with Crippen LogP contribution >= 0.6 is 24.0 Å². The Morgan fingerprint density at radius 2 is 1.89 bits per heavy atom. The molecule has 1 aliphatic rings. The molecule has 2 N–H and O–H groups in total. The molecule has 5 nitrogen and oxygen atoms in total. The maximum Gasteiger partial charge on any atom is 0.246 e. The highest BCUT2D eigenvalue weighted by Gasteiger charge is 2.21. The van der Waals surface area contributed by atoms with Gasteiger partial charge in [0.15, 0.2) is 5.96 Å². The smallest absolute Gasteiger partial charge is 0.246 e. The molecule has 0 saturated carbocycles. The van der Waals surface area contributed by atoms with Crippen LogP contribution in [0.2, 0.25) is 0 Å². The van der Waals surface area contributed by atoms with Crippen LogP contribution in [0.15, 0.2) is 53.5 Å². The number of rotatable bonds is 5. The molecule has 3 rings (SSSR count). The molecular weight excluding hydrogens is 470 g/mol. The topological polar surface area (TPSA) is 56.7 Å². The average molecular weight is 496 g/mol. The van der Waals surface area contributed by atoms with Gasteiger partial charge in [-0.3, -0.25) is 9.79 Å². The zero-order chi connectivity index (χ0) is 19.1. The molecule has 150 valence electrons. The van der Waals surface area contributed by atoms with Crippen molar-refractivity contribution in [1.29, 1.82) is 0 Å². The van der Waals surface area contributed by atoms with E-state index in [1.165, 1.54) is 17.7 Å². The Kier molecular flexibility index (Phi) is 8.69. The predicted molar refractivity (Wildman–Crippen MR) is 122 cm³/mol. The summed E-state index contributed by atoms with van der Waals surface area (Å²) in [6, 6.07) is 14.5. The predicted octanol–water partition coefficient (Wildman–Crippen LogP) is 3.13. The van der Waals surface area contributed by atoms with Crippen LogP contribution in [-0.4, -0.2) is 38.5 Å². The molecule has 1 amide bonds.